The molecule has 5 rings (SSSR count). The molecule has 0 radical (unpaired) electrons. The van der Waals surface area contributed by atoms with E-state index in [0.717, 1.165) is 17.0 Å². The minimum absolute atomic E-state index is 0.127. The zero-order valence-electron chi connectivity index (χ0n) is 17.5. The molecule has 0 fully saturated rings. The maximum atomic E-state index is 13.1. The highest BCUT2D eigenvalue weighted by Gasteiger charge is 2.17. The van der Waals surface area contributed by atoms with Gasteiger partial charge in [0.15, 0.2) is 11.3 Å². The van der Waals surface area contributed by atoms with Crippen LogP contribution in [0.4, 0.5) is 0 Å². The molecule has 0 aliphatic heterocycles. The van der Waals surface area contributed by atoms with E-state index < -0.39 is 0 Å². The molecule has 0 unspecified atom stereocenters. The molecule has 4 aromatic heterocycles. The molecule has 0 saturated carbocycles. The van der Waals surface area contributed by atoms with E-state index in [-0.39, 0.29) is 17.0 Å². The van der Waals surface area contributed by atoms with Crippen molar-refractivity contribution in [1.82, 2.24) is 29.1 Å². The molecule has 32 heavy (non-hydrogen) atoms. The summed E-state index contributed by atoms with van der Waals surface area (Å²) in [4.78, 5) is 17.5. The summed E-state index contributed by atoms with van der Waals surface area (Å²) in [5.41, 5.74) is 2.23. The van der Waals surface area contributed by atoms with E-state index in [4.69, 9.17) is 4.74 Å². The number of benzene rings is 1. The van der Waals surface area contributed by atoms with Gasteiger partial charge in [-0.2, -0.15) is 14.9 Å². The van der Waals surface area contributed by atoms with Crippen LogP contribution in [-0.2, 0) is 6.54 Å². The van der Waals surface area contributed by atoms with E-state index in [0.29, 0.717) is 23.4 Å². The fourth-order valence-corrected chi connectivity index (χ4v) is 3.55. The Morgan fingerprint density at radius 2 is 1.91 bits per heavy atom. The topological polar surface area (TPSA) is 100.0 Å². The Kier molecular flexibility index (Phi) is 4.70. The van der Waals surface area contributed by atoms with Crippen molar-refractivity contribution in [2.75, 3.05) is 7.11 Å². The second kappa shape index (κ2) is 7.69. The van der Waals surface area contributed by atoms with Crippen LogP contribution in [0.2, 0.25) is 0 Å². The molecule has 0 saturated heterocycles. The van der Waals surface area contributed by atoms with Gasteiger partial charge < -0.3 is 9.84 Å². The summed E-state index contributed by atoms with van der Waals surface area (Å²) in [7, 11) is 1.63. The fourth-order valence-electron chi connectivity index (χ4n) is 3.55. The van der Waals surface area contributed by atoms with E-state index in [2.05, 4.69) is 15.2 Å². The Morgan fingerprint density at radius 1 is 1.09 bits per heavy atom. The van der Waals surface area contributed by atoms with Crippen LogP contribution in [0, 0.1) is 6.92 Å². The average Bonchev–Trinajstić information content (AvgIpc) is 3.40. The summed E-state index contributed by atoms with van der Waals surface area (Å²) in [6.07, 6.45) is 5.01. The van der Waals surface area contributed by atoms with Crippen LogP contribution in [0.3, 0.4) is 0 Å². The van der Waals surface area contributed by atoms with Gasteiger partial charge in [0, 0.05) is 18.1 Å². The maximum Gasteiger partial charge on any atom is 0.283 e. The van der Waals surface area contributed by atoms with Gasteiger partial charge in [-0.15, -0.1) is 0 Å². The first-order chi connectivity index (χ1) is 15.5. The van der Waals surface area contributed by atoms with Crippen LogP contribution in [0.1, 0.15) is 11.3 Å². The molecule has 0 amide bonds. The third kappa shape index (κ3) is 3.39. The molecule has 9 heteroatoms. The molecular formula is C23H20N6O3. The van der Waals surface area contributed by atoms with Crippen molar-refractivity contribution in [3.05, 3.63) is 88.7 Å². The van der Waals surface area contributed by atoms with Crippen molar-refractivity contribution in [1.29, 1.82) is 0 Å². The Morgan fingerprint density at radius 3 is 2.66 bits per heavy atom. The lowest BCUT2D eigenvalue weighted by Crippen LogP contribution is -2.17. The average molecular weight is 428 g/mol. The van der Waals surface area contributed by atoms with Crippen molar-refractivity contribution in [3.63, 3.8) is 0 Å². The largest absolute Gasteiger partial charge is 0.497 e. The predicted molar refractivity (Wildman–Crippen MR) is 119 cm³/mol. The number of aromatic nitrogens is 6. The van der Waals surface area contributed by atoms with Crippen molar-refractivity contribution in [2.45, 2.75) is 13.5 Å². The Hall–Kier alpha value is -4.40. The van der Waals surface area contributed by atoms with Gasteiger partial charge in [-0.1, -0.05) is 18.2 Å². The van der Waals surface area contributed by atoms with Crippen LogP contribution >= 0.6 is 0 Å². The number of fused-ring (bicyclic) bond motifs is 1. The molecule has 4 heterocycles. The van der Waals surface area contributed by atoms with Crippen molar-refractivity contribution < 1.29 is 9.84 Å². The summed E-state index contributed by atoms with van der Waals surface area (Å²) < 4.78 is 9.67. The highest BCUT2D eigenvalue weighted by atomic mass is 16.5. The number of methoxy groups -OCH3 is 1. The number of pyridine rings is 2. The van der Waals surface area contributed by atoms with Gasteiger partial charge in [0.25, 0.3) is 5.56 Å². The van der Waals surface area contributed by atoms with Gasteiger partial charge in [0.2, 0.25) is 5.88 Å². The molecule has 9 nitrogen and oxygen atoms in total. The van der Waals surface area contributed by atoms with Crippen LogP contribution in [-0.4, -0.2) is 41.3 Å². The Bertz CT molecular complexity index is 1480. The van der Waals surface area contributed by atoms with Crippen LogP contribution in [0.15, 0.2) is 71.9 Å². The molecular weight excluding hydrogens is 408 g/mol. The van der Waals surface area contributed by atoms with Gasteiger partial charge in [0.1, 0.15) is 5.75 Å². The predicted octanol–water partition coefficient (Wildman–Crippen LogP) is 2.84. The second-order valence-corrected chi connectivity index (χ2v) is 7.37. The molecule has 0 aliphatic carbocycles. The molecule has 0 atom stereocenters. The van der Waals surface area contributed by atoms with E-state index >= 15 is 0 Å². The quantitative estimate of drug-likeness (QED) is 0.462. The third-order valence-electron chi connectivity index (χ3n) is 5.20. The van der Waals surface area contributed by atoms with E-state index in [1.165, 1.54) is 9.25 Å². The molecule has 0 bridgehead atoms. The van der Waals surface area contributed by atoms with Crippen LogP contribution < -0.4 is 10.3 Å². The monoisotopic (exact) mass is 428 g/mol. The minimum atomic E-state index is -0.354. The van der Waals surface area contributed by atoms with Gasteiger partial charge in [-0.25, -0.2) is 4.98 Å². The Labute approximate surface area is 182 Å². The number of rotatable bonds is 5. The highest BCUT2D eigenvalue weighted by Crippen LogP contribution is 2.25. The standard InChI is InChI=1S/C23H20N6O3/c1-15-4-3-5-20(25-15)29-22(30)19-10-11-28(23(31)21(19)26-29)17-12-24-27(14-17)13-16-6-8-18(32-2)9-7-16/h3-12,14,30H,13H2,1-2H3. The summed E-state index contributed by atoms with van der Waals surface area (Å²) in [6, 6.07) is 14.8. The first kappa shape index (κ1) is 19.6. The smallest absolute Gasteiger partial charge is 0.283 e. The fraction of sp³-hybridized carbons (Fsp3) is 0.130. The number of aryl methyl sites for hydroxylation is 1. The lowest BCUT2D eigenvalue weighted by Gasteiger charge is -2.04. The summed E-state index contributed by atoms with van der Waals surface area (Å²) in [6.45, 7) is 2.40. The van der Waals surface area contributed by atoms with Crippen molar-refractivity contribution in [3.8, 4) is 23.1 Å². The SMILES string of the molecule is COc1ccc(Cn2cc(-n3ccc4c(O)n(-c5cccc(C)n5)nc4c3=O)cn2)cc1. The highest BCUT2D eigenvalue weighted by molar-refractivity contribution is 5.84. The minimum Gasteiger partial charge on any atom is -0.497 e. The first-order valence-corrected chi connectivity index (χ1v) is 9.96. The zero-order chi connectivity index (χ0) is 22.2. The van der Waals surface area contributed by atoms with Gasteiger partial charge in [-0.05, 0) is 42.8 Å². The molecule has 1 N–H and O–H groups in total. The van der Waals surface area contributed by atoms with E-state index in [9.17, 15) is 9.90 Å². The number of hydrogen-bond acceptors (Lipinski definition) is 6. The molecule has 160 valence electrons. The lowest BCUT2D eigenvalue weighted by atomic mass is 10.2. The Balaban J connectivity index is 1.50. The van der Waals surface area contributed by atoms with E-state index in [1.54, 1.807) is 42.5 Å². The van der Waals surface area contributed by atoms with Crippen molar-refractivity contribution in [2.24, 2.45) is 0 Å². The van der Waals surface area contributed by atoms with Crippen LogP contribution in [0.25, 0.3) is 22.4 Å². The summed E-state index contributed by atoms with van der Waals surface area (Å²) >= 11 is 0. The zero-order valence-corrected chi connectivity index (χ0v) is 17.5. The number of ether oxygens (including phenoxy) is 1. The lowest BCUT2D eigenvalue weighted by molar-refractivity contribution is 0.414. The maximum absolute atomic E-state index is 13.1. The molecule has 0 spiro atoms. The van der Waals surface area contributed by atoms with E-state index in [1.807, 2.05) is 43.3 Å². The van der Waals surface area contributed by atoms with Gasteiger partial charge in [-0.3, -0.25) is 14.0 Å². The molecule has 0 aliphatic rings. The first-order valence-electron chi connectivity index (χ1n) is 9.96. The second-order valence-electron chi connectivity index (χ2n) is 7.37. The third-order valence-corrected chi connectivity index (χ3v) is 5.20. The summed E-state index contributed by atoms with van der Waals surface area (Å²) in [5.74, 6) is 1.10. The van der Waals surface area contributed by atoms with Gasteiger partial charge >= 0.3 is 0 Å². The summed E-state index contributed by atoms with van der Waals surface area (Å²) in [5, 5.41) is 19.7. The van der Waals surface area contributed by atoms with Crippen LogP contribution in [0.5, 0.6) is 11.6 Å². The molecule has 1 aromatic carbocycles. The number of hydrogen-bond donors (Lipinski definition) is 1. The van der Waals surface area contributed by atoms with Crippen molar-refractivity contribution >= 4 is 10.9 Å². The molecule has 5 aromatic rings. The normalized spacial score (nSPS) is 11.2. The van der Waals surface area contributed by atoms with Gasteiger partial charge in [0.05, 0.1) is 30.9 Å². The number of nitrogens with zero attached hydrogens (tertiary/aromatic N) is 6. The number of aromatic hydroxyl groups is 1.